The van der Waals surface area contributed by atoms with Crippen LogP contribution in [0, 0.1) is 16.0 Å². The van der Waals surface area contributed by atoms with Gasteiger partial charge in [0.15, 0.2) is 6.10 Å². The fraction of sp³-hybridized carbons (Fsp3) is 0.471. The third kappa shape index (κ3) is 4.20. The third-order valence-corrected chi connectivity index (χ3v) is 4.35. The van der Waals surface area contributed by atoms with Crippen LogP contribution in [0.2, 0.25) is 0 Å². The zero-order valence-electron chi connectivity index (χ0n) is 13.9. The number of ether oxygens (including phenoxy) is 1. The normalized spacial score (nSPS) is 15.9. The van der Waals surface area contributed by atoms with Gasteiger partial charge in [-0.2, -0.15) is 0 Å². The summed E-state index contributed by atoms with van der Waals surface area (Å²) in [4.78, 5) is 22.2. The van der Waals surface area contributed by atoms with E-state index in [-0.39, 0.29) is 23.4 Å². The van der Waals surface area contributed by atoms with Crippen LogP contribution in [0.3, 0.4) is 0 Å². The van der Waals surface area contributed by atoms with Crippen molar-refractivity contribution in [3.8, 4) is 11.5 Å². The van der Waals surface area contributed by atoms with Gasteiger partial charge in [-0.3, -0.25) is 14.9 Å². The molecule has 1 aliphatic carbocycles. The van der Waals surface area contributed by atoms with Crippen LogP contribution in [0.15, 0.2) is 28.7 Å². The molecule has 1 fully saturated rings. The first-order valence-electron chi connectivity index (χ1n) is 8.30. The van der Waals surface area contributed by atoms with Crippen molar-refractivity contribution in [2.45, 2.75) is 45.1 Å². The summed E-state index contributed by atoms with van der Waals surface area (Å²) >= 11 is 0. The second-order valence-corrected chi connectivity index (χ2v) is 6.24. The number of rotatable bonds is 6. The van der Waals surface area contributed by atoms with Gasteiger partial charge in [-0.05, 0) is 37.8 Å². The van der Waals surface area contributed by atoms with Gasteiger partial charge in [0.1, 0.15) is 0 Å². The van der Waals surface area contributed by atoms with Crippen LogP contribution >= 0.6 is 0 Å². The lowest BCUT2D eigenvalue weighted by atomic mass is 10.0. The van der Waals surface area contributed by atoms with E-state index >= 15 is 0 Å². The standard InChI is InChI=1S/C17H19N3O5/c1-11(24-15(21)10-12-4-2-3-5-12)16-18-19-17(25-16)13-6-8-14(9-7-13)20(22)23/h6-9,11-12H,2-5,10H2,1H3/t11-/m0/s1. The first-order valence-corrected chi connectivity index (χ1v) is 8.30. The molecule has 1 saturated carbocycles. The van der Waals surface area contributed by atoms with Crippen LogP contribution in [0.25, 0.3) is 11.5 Å². The highest BCUT2D eigenvalue weighted by Crippen LogP contribution is 2.29. The molecule has 0 amide bonds. The van der Waals surface area contributed by atoms with Crippen molar-refractivity contribution in [1.29, 1.82) is 0 Å². The maximum atomic E-state index is 12.0. The molecule has 0 saturated heterocycles. The van der Waals surface area contributed by atoms with E-state index in [0.717, 1.165) is 12.8 Å². The first kappa shape index (κ1) is 17.1. The van der Waals surface area contributed by atoms with Crippen LogP contribution in [0.4, 0.5) is 5.69 Å². The maximum Gasteiger partial charge on any atom is 0.306 e. The average Bonchev–Trinajstić information content (AvgIpc) is 3.26. The number of nitro groups is 1. The predicted octanol–water partition coefficient (Wildman–Crippen LogP) is 3.83. The lowest BCUT2D eigenvalue weighted by Crippen LogP contribution is -2.12. The molecule has 8 nitrogen and oxygen atoms in total. The zero-order valence-corrected chi connectivity index (χ0v) is 13.9. The molecule has 3 rings (SSSR count). The minimum Gasteiger partial charge on any atom is -0.453 e. The summed E-state index contributed by atoms with van der Waals surface area (Å²) in [6.45, 7) is 1.68. The van der Waals surface area contributed by atoms with Gasteiger partial charge in [0.2, 0.25) is 5.89 Å². The smallest absolute Gasteiger partial charge is 0.306 e. The van der Waals surface area contributed by atoms with Crippen molar-refractivity contribution < 1.29 is 18.9 Å². The molecule has 0 N–H and O–H groups in total. The highest BCUT2D eigenvalue weighted by Gasteiger charge is 2.23. The van der Waals surface area contributed by atoms with Gasteiger partial charge < -0.3 is 9.15 Å². The predicted molar refractivity (Wildman–Crippen MR) is 87.5 cm³/mol. The average molecular weight is 345 g/mol. The topological polar surface area (TPSA) is 108 Å². The molecule has 2 aromatic rings. The molecule has 0 spiro atoms. The van der Waals surface area contributed by atoms with Crippen LogP contribution in [0.5, 0.6) is 0 Å². The first-order chi connectivity index (χ1) is 12.0. The van der Waals surface area contributed by atoms with Crippen molar-refractivity contribution in [2.75, 3.05) is 0 Å². The van der Waals surface area contributed by atoms with Gasteiger partial charge in [0.25, 0.3) is 11.6 Å². The number of esters is 1. The van der Waals surface area contributed by atoms with E-state index < -0.39 is 11.0 Å². The number of benzene rings is 1. The minimum atomic E-state index is -0.631. The SMILES string of the molecule is C[C@H](OC(=O)CC1CCCC1)c1nnc(-c2ccc([N+](=O)[O-])cc2)o1. The number of hydrogen-bond donors (Lipinski definition) is 0. The second kappa shape index (κ2) is 7.42. The van der Waals surface area contributed by atoms with E-state index in [0.29, 0.717) is 17.9 Å². The van der Waals surface area contributed by atoms with Crippen molar-refractivity contribution in [1.82, 2.24) is 10.2 Å². The van der Waals surface area contributed by atoms with Crippen LogP contribution < -0.4 is 0 Å². The molecule has 132 valence electrons. The fourth-order valence-corrected chi connectivity index (χ4v) is 2.99. The van der Waals surface area contributed by atoms with E-state index in [4.69, 9.17) is 9.15 Å². The fourth-order valence-electron chi connectivity index (χ4n) is 2.99. The molecular formula is C17H19N3O5. The van der Waals surface area contributed by atoms with Crippen molar-refractivity contribution in [3.05, 3.63) is 40.3 Å². The van der Waals surface area contributed by atoms with Gasteiger partial charge in [-0.15, -0.1) is 10.2 Å². The van der Waals surface area contributed by atoms with Crippen LogP contribution in [-0.2, 0) is 9.53 Å². The Hall–Kier alpha value is -2.77. The van der Waals surface area contributed by atoms with E-state index in [1.807, 2.05) is 0 Å². The largest absolute Gasteiger partial charge is 0.453 e. The second-order valence-electron chi connectivity index (χ2n) is 6.24. The summed E-state index contributed by atoms with van der Waals surface area (Å²) in [5.41, 5.74) is 0.548. The van der Waals surface area contributed by atoms with Gasteiger partial charge >= 0.3 is 5.97 Å². The molecule has 0 radical (unpaired) electrons. The van der Waals surface area contributed by atoms with E-state index in [9.17, 15) is 14.9 Å². The van der Waals surface area contributed by atoms with Gasteiger partial charge in [-0.1, -0.05) is 12.8 Å². The van der Waals surface area contributed by atoms with Gasteiger partial charge in [0, 0.05) is 24.1 Å². The van der Waals surface area contributed by atoms with Gasteiger partial charge in [0.05, 0.1) is 4.92 Å². The molecule has 1 aromatic carbocycles. The molecule has 1 heterocycles. The summed E-state index contributed by atoms with van der Waals surface area (Å²) in [5, 5.41) is 18.5. The van der Waals surface area contributed by atoms with Crippen LogP contribution in [0.1, 0.15) is 51.0 Å². The van der Waals surface area contributed by atoms with Crippen molar-refractivity contribution >= 4 is 11.7 Å². The summed E-state index contributed by atoms with van der Waals surface area (Å²) in [7, 11) is 0. The Morgan fingerprint density at radius 1 is 1.32 bits per heavy atom. The molecule has 25 heavy (non-hydrogen) atoms. The van der Waals surface area contributed by atoms with E-state index in [1.54, 1.807) is 6.92 Å². The van der Waals surface area contributed by atoms with Crippen molar-refractivity contribution in [3.63, 3.8) is 0 Å². The van der Waals surface area contributed by atoms with Crippen molar-refractivity contribution in [2.24, 2.45) is 5.92 Å². The Morgan fingerprint density at radius 3 is 2.64 bits per heavy atom. The number of carbonyl (C=O) groups is 1. The number of nitro benzene ring substituents is 1. The molecule has 1 aliphatic rings. The molecule has 1 atom stereocenters. The minimum absolute atomic E-state index is 0.0160. The summed E-state index contributed by atoms with van der Waals surface area (Å²) in [6, 6.07) is 5.80. The van der Waals surface area contributed by atoms with Gasteiger partial charge in [-0.25, -0.2) is 0 Å². The Kier molecular flexibility index (Phi) is 5.06. The third-order valence-electron chi connectivity index (χ3n) is 4.35. The summed E-state index contributed by atoms with van der Waals surface area (Å²) < 4.78 is 10.9. The molecule has 0 unspecified atom stereocenters. The number of aromatic nitrogens is 2. The molecule has 0 bridgehead atoms. The maximum absolute atomic E-state index is 12.0. The highest BCUT2D eigenvalue weighted by molar-refractivity contribution is 5.70. The Labute approximate surface area is 144 Å². The molecule has 1 aromatic heterocycles. The highest BCUT2D eigenvalue weighted by atomic mass is 16.6. The Balaban J connectivity index is 1.61. The molecule has 8 heteroatoms. The lowest BCUT2D eigenvalue weighted by Gasteiger charge is -2.12. The molecule has 0 aliphatic heterocycles. The zero-order chi connectivity index (χ0) is 17.8. The number of carbonyl (C=O) groups excluding carboxylic acids is 1. The summed E-state index contributed by atoms with van der Waals surface area (Å²) in [5.74, 6) is 0.587. The van der Waals surface area contributed by atoms with E-state index in [1.165, 1.54) is 37.1 Å². The lowest BCUT2D eigenvalue weighted by molar-refractivity contribution is -0.384. The number of non-ortho nitro benzene ring substituents is 1. The monoisotopic (exact) mass is 345 g/mol. The quantitative estimate of drug-likeness (QED) is 0.444. The molecular weight excluding hydrogens is 326 g/mol. The number of nitrogens with zero attached hydrogens (tertiary/aromatic N) is 3. The van der Waals surface area contributed by atoms with E-state index in [2.05, 4.69) is 10.2 Å². The Morgan fingerprint density at radius 2 is 2.00 bits per heavy atom. The number of hydrogen-bond acceptors (Lipinski definition) is 7. The van der Waals surface area contributed by atoms with Crippen LogP contribution in [-0.4, -0.2) is 21.1 Å². The Bertz CT molecular complexity index is 750. The summed E-state index contributed by atoms with van der Waals surface area (Å²) in [6.07, 6.45) is 4.30.